The van der Waals surface area contributed by atoms with Crippen molar-refractivity contribution in [2.75, 3.05) is 32.4 Å². The van der Waals surface area contributed by atoms with Crippen molar-refractivity contribution in [1.29, 1.82) is 0 Å². The van der Waals surface area contributed by atoms with Crippen LogP contribution in [0.1, 0.15) is 41.7 Å². The van der Waals surface area contributed by atoms with E-state index in [1.54, 1.807) is 36.4 Å². The van der Waals surface area contributed by atoms with E-state index in [2.05, 4.69) is 15.4 Å². The van der Waals surface area contributed by atoms with Gasteiger partial charge in [0.1, 0.15) is 11.5 Å². The molecule has 1 amide bonds. The Morgan fingerprint density at radius 2 is 1.78 bits per heavy atom. The number of carbonyl (C=O) groups is 2. The number of nitrogens with one attached hydrogen (secondary N) is 1. The number of fused-ring (bicyclic) bond motifs is 1. The van der Waals surface area contributed by atoms with Crippen LogP contribution in [0.25, 0.3) is 10.9 Å². The van der Waals surface area contributed by atoms with E-state index in [-0.39, 0.29) is 17.3 Å². The fraction of sp³-hybridized carbons (Fsp3) is 0.310. The van der Waals surface area contributed by atoms with E-state index in [0.29, 0.717) is 33.8 Å². The molecule has 41 heavy (non-hydrogen) atoms. The van der Waals surface area contributed by atoms with E-state index in [4.69, 9.17) is 18.4 Å². The number of nitrogens with zero attached hydrogens (tertiary/aromatic N) is 3. The second-order valence-corrected chi connectivity index (χ2v) is 10.3. The zero-order valence-corrected chi connectivity index (χ0v) is 24.3. The first-order valence-electron chi connectivity index (χ1n) is 12.9. The Kier molecular flexibility index (Phi) is 9.56. The first-order valence-corrected chi connectivity index (χ1v) is 14.2. The Morgan fingerprint density at radius 1 is 1.02 bits per heavy atom. The maximum atomic E-state index is 13.9. The molecular weight excluding hydrogens is 548 g/mol. The van der Waals surface area contributed by atoms with Gasteiger partial charge in [0.25, 0.3) is 5.91 Å². The van der Waals surface area contributed by atoms with Gasteiger partial charge in [-0.05, 0) is 55.3 Å². The van der Waals surface area contributed by atoms with Gasteiger partial charge in [0.2, 0.25) is 22.8 Å². The molecule has 216 valence electrons. The van der Waals surface area contributed by atoms with Crippen molar-refractivity contribution >= 4 is 39.4 Å². The van der Waals surface area contributed by atoms with E-state index in [1.807, 2.05) is 19.9 Å². The van der Waals surface area contributed by atoms with Gasteiger partial charge in [-0.25, -0.2) is 13.9 Å². The lowest BCUT2D eigenvalue weighted by Gasteiger charge is -2.19. The van der Waals surface area contributed by atoms with Gasteiger partial charge >= 0.3 is 0 Å². The molecule has 2 atom stereocenters. The van der Waals surface area contributed by atoms with Crippen molar-refractivity contribution in [1.82, 2.24) is 14.8 Å². The number of benzene rings is 2. The summed E-state index contributed by atoms with van der Waals surface area (Å²) in [6.45, 7) is 3.87. The molecule has 0 radical (unpaired) electrons. The van der Waals surface area contributed by atoms with Crippen molar-refractivity contribution in [3.8, 4) is 23.3 Å². The lowest BCUT2D eigenvalue weighted by atomic mass is 10.0. The number of aryl methyl sites for hydroxylation is 1. The number of hydrogen-bond donors (Lipinski definition) is 1. The summed E-state index contributed by atoms with van der Waals surface area (Å²) < 4.78 is 35.2. The number of methoxy groups -OCH3 is 3. The standard InChI is InChI=1S/C29H32N4O7S/c1-6-7-14-41(36)40-25-16-21-23(17-30-25)33(32-29(21)39-5)26(27(34)19-9-11-20(37-3)12-10-19)28(35)31-22-15-18(2)8-13-24(22)38-4/h8-13,15-17,26H,6-7,14H2,1-5H3,(H,31,35). The molecule has 1 N–H and O–H groups in total. The molecule has 2 unspecified atom stereocenters. The number of aromatic nitrogens is 3. The van der Waals surface area contributed by atoms with Crippen LogP contribution >= 0.6 is 0 Å². The minimum Gasteiger partial charge on any atom is -0.497 e. The number of anilines is 1. The van der Waals surface area contributed by atoms with Crippen LogP contribution in [0.4, 0.5) is 5.69 Å². The summed E-state index contributed by atoms with van der Waals surface area (Å²) in [6, 6.07) is 11.8. The van der Waals surface area contributed by atoms with Gasteiger partial charge in [0.05, 0.1) is 49.9 Å². The number of ketones is 1. The topological polar surface area (TPSA) is 131 Å². The van der Waals surface area contributed by atoms with Gasteiger partial charge in [-0.15, -0.1) is 5.10 Å². The predicted molar refractivity (Wildman–Crippen MR) is 155 cm³/mol. The third-order valence-electron chi connectivity index (χ3n) is 6.30. The highest BCUT2D eigenvalue weighted by Gasteiger charge is 2.34. The van der Waals surface area contributed by atoms with E-state index in [0.717, 1.165) is 18.4 Å². The molecule has 4 aromatic rings. The molecule has 0 saturated heterocycles. The molecule has 11 nitrogen and oxygen atoms in total. The molecule has 0 aliphatic heterocycles. The molecule has 2 heterocycles. The number of hydrogen-bond acceptors (Lipinski definition) is 9. The predicted octanol–water partition coefficient (Wildman–Crippen LogP) is 4.67. The Bertz CT molecular complexity index is 1570. The fourth-order valence-electron chi connectivity index (χ4n) is 4.16. The van der Waals surface area contributed by atoms with Gasteiger partial charge in [0, 0.05) is 11.6 Å². The van der Waals surface area contributed by atoms with Crippen LogP contribution in [-0.2, 0) is 15.9 Å². The van der Waals surface area contributed by atoms with Crippen LogP contribution in [0, 0.1) is 6.92 Å². The van der Waals surface area contributed by atoms with Crippen LogP contribution in [-0.4, -0.2) is 57.7 Å². The number of carbonyl (C=O) groups excluding carboxylic acids is 2. The molecule has 0 aliphatic carbocycles. The second kappa shape index (κ2) is 13.3. The normalized spacial score (nSPS) is 12.4. The van der Waals surface area contributed by atoms with Crippen molar-refractivity contribution in [2.24, 2.45) is 0 Å². The zero-order chi connectivity index (χ0) is 29.5. The Hall–Kier alpha value is -4.45. The quantitative estimate of drug-likeness (QED) is 0.177. The van der Waals surface area contributed by atoms with E-state index >= 15 is 0 Å². The molecule has 0 spiro atoms. The van der Waals surface area contributed by atoms with Gasteiger partial charge in [-0.1, -0.05) is 19.4 Å². The summed E-state index contributed by atoms with van der Waals surface area (Å²) in [5, 5.41) is 7.72. The first kappa shape index (κ1) is 29.5. The lowest BCUT2D eigenvalue weighted by molar-refractivity contribution is -0.118. The zero-order valence-electron chi connectivity index (χ0n) is 23.5. The molecule has 0 aliphatic rings. The molecule has 0 saturated carbocycles. The average molecular weight is 581 g/mol. The fourth-order valence-corrected chi connectivity index (χ4v) is 5.04. The first-order chi connectivity index (χ1) is 19.8. The number of pyridine rings is 1. The number of amides is 1. The van der Waals surface area contributed by atoms with Crippen molar-refractivity contribution in [3.05, 3.63) is 65.9 Å². The third kappa shape index (κ3) is 6.65. The van der Waals surface area contributed by atoms with Gasteiger partial charge < -0.3 is 23.7 Å². The molecule has 12 heteroatoms. The Labute approximate surface area is 240 Å². The Balaban J connectivity index is 1.79. The van der Waals surface area contributed by atoms with Crippen molar-refractivity contribution in [2.45, 2.75) is 32.7 Å². The molecule has 2 aromatic heterocycles. The highest BCUT2D eigenvalue weighted by Crippen LogP contribution is 2.32. The maximum Gasteiger partial charge on any atom is 0.257 e. The summed E-state index contributed by atoms with van der Waals surface area (Å²) in [5.74, 6) is 0.436. The summed E-state index contributed by atoms with van der Waals surface area (Å²) in [4.78, 5) is 32.1. The highest BCUT2D eigenvalue weighted by molar-refractivity contribution is 7.80. The van der Waals surface area contributed by atoms with Gasteiger partial charge in [0.15, 0.2) is 11.8 Å². The van der Waals surface area contributed by atoms with Crippen LogP contribution in [0.2, 0.25) is 0 Å². The monoisotopic (exact) mass is 580 g/mol. The van der Waals surface area contributed by atoms with Crippen LogP contribution in [0.15, 0.2) is 54.7 Å². The number of unbranched alkanes of at least 4 members (excludes halogenated alkanes) is 1. The lowest BCUT2D eigenvalue weighted by Crippen LogP contribution is -2.33. The van der Waals surface area contributed by atoms with Gasteiger partial charge in [-0.2, -0.15) is 0 Å². The third-order valence-corrected chi connectivity index (χ3v) is 7.28. The minimum absolute atomic E-state index is 0.108. The van der Waals surface area contributed by atoms with Gasteiger partial charge in [-0.3, -0.25) is 9.59 Å². The summed E-state index contributed by atoms with van der Waals surface area (Å²) in [6.07, 6.45) is 3.03. The molecule has 0 fully saturated rings. The smallest absolute Gasteiger partial charge is 0.257 e. The number of rotatable bonds is 13. The van der Waals surface area contributed by atoms with E-state index < -0.39 is 28.8 Å². The number of ether oxygens (including phenoxy) is 3. The van der Waals surface area contributed by atoms with Crippen LogP contribution in [0.3, 0.4) is 0 Å². The maximum absolute atomic E-state index is 13.9. The summed E-state index contributed by atoms with van der Waals surface area (Å²) in [5.41, 5.74) is 1.89. The SMILES string of the molecule is CCCCS(=O)Oc1cc2c(OC)nn(C(C(=O)Nc3cc(C)ccc3OC)C(=O)c3ccc(OC)cc3)c2cn1. The minimum atomic E-state index is -1.57. The van der Waals surface area contributed by atoms with E-state index in [9.17, 15) is 13.8 Å². The van der Waals surface area contributed by atoms with E-state index in [1.165, 1.54) is 38.3 Å². The van der Waals surface area contributed by atoms with Crippen LogP contribution < -0.4 is 23.7 Å². The molecule has 0 bridgehead atoms. The number of Topliss-reactive ketones (excluding diaryl/α,β-unsaturated/α-hetero) is 1. The Morgan fingerprint density at radius 3 is 2.44 bits per heavy atom. The summed E-state index contributed by atoms with van der Waals surface area (Å²) >= 11 is -1.57. The highest BCUT2D eigenvalue weighted by atomic mass is 32.2. The molecular formula is C29H32N4O7S. The van der Waals surface area contributed by atoms with Crippen molar-refractivity contribution < 1.29 is 32.2 Å². The average Bonchev–Trinajstić information content (AvgIpc) is 3.33. The molecule has 2 aromatic carbocycles. The second-order valence-electron chi connectivity index (χ2n) is 9.13. The summed E-state index contributed by atoms with van der Waals surface area (Å²) in [7, 11) is 4.44. The largest absolute Gasteiger partial charge is 0.497 e. The van der Waals surface area contributed by atoms with Crippen molar-refractivity contribution in [3.63, 3.8) is 0 Å². The molecule has 4 rings (SSSR count). The van der Waals surface area contributed by atoms with Crippen LogP contribution in [0.5, 0.6) is 23.3 Å².